The Morgan fingerprint density at radius 1 is 1.21 bits per heavy atom. The molecule has 0 bridgehead atoms. The molecule has 0 radical (unpaired) electrons. The molecule has 6 nitrogen and oxygen atoms in total. The second kappa shape index (κ2) is 9.27. The van der Waals surface area contributed by atoms with E-state index in [9.17, 15) is 13.2 Å². The summed E-state index contributed by atoms with van der Waals surface area (Å²) in [6.07, 6.45) is 1.67. The lowest BCUT2D eigenvalue weighted by atomic mass is 10.2. The first kappa shape index (κ1) is 21.8. The smallest absolute Gasteiger partial charge is 0.266 e. The highest BCUT2D eigenvalue weighted by Gasteiger charge is 2.32. The van der Waals surface area contributed by atoms with Gasteiger partial charge in [0, 0.05) is 11.6 Å². The van der Waals surface area contributed by atoms with E-state index in [0.29, 0.717) is 22.3 Å². The van der Waals surface area contributed by atoms with Crippen LogP contribution in [0.5, 0.6) is 5.75 Å². The summed E-state index contributed by atoms with van der Waals surface area (Å²) in [6.45, 7) is 0.184. The zero-order valence-electron chi connectivity index (χ0n) is 14.9. The van der Waals surface area contributed by atoms with Crippen LogP contribution in [-0.2, 0) is 21.5 Å². The van der Waals surface area contributed by atoms with Crippen molar-refractivity contribution in [2.24, 2.45) is 0 Å². The number of rotatable bonds is 7. The van der Waals surface area contributed by atoms with E-state index in [2.05, 4.69) is 0 Å². The molecule has 1 aliphatic rings. The number of nitrogens with zero attached hydrogens (tertiary/aromatic N) is 1. The third-order valence-corrected chi connectivity index (χ3v) is 6.25. The topological polar surface area (TPSA) is 83.9 Å². The quantitative estimate of drug-likeness (QED) is 0.372. The molecule has 0 saturated carbocycles. The number of hydrogen-bond acceptors (Lipinski definition) is 6. The maximum atomic E-state index is 12.5. The molecule has 3 rings (SSSR count). The van der Waals surface area contributed by atoms with Crippen LogP contribution in [0.1, 0.15) is 11.1 Å². The molecule has 1 heterocycles. The number of ether oxygens (including phenoxy) is 1. The Morgan fingerprint density at radius 3 is 2.62 bits per heavy atom. The molecular formula is C19H16ClNO5S3. The van der Waals surface area contributed by atoms with E-state index in [1.54, 1.807) is 24.3 Å². The minimum atomic E-state index is -4.18. The van der Waals surface area contributed by atoms with Crippen molar-refractivity contribution in [2.45, 2.75) is 6.61 Å². The van der Waals surface area contributed by atoms with E-state index in [4.69, 9.17) is 33.1 Å². The first-order chi connectivity index (χ1) is 13.7. The Morgan fingerprint density at radius 2 is 1.93 bits per heavy atom. The van der Waals surface area contributed by atoms with Gasteiger partial charge in [-0.1, -0.05) is 59.8 Å². The molecule has 1 saturated heterocycles. The molecule has 2 aromatic carbocycles. The molecule has 152 valence electrons. The average Bonchev–Trinajstić information content (AvgIpc) is 2.92. The van der Waals surface area contributed by atoms with Gasteiger partial charge < -0.3 is 4.74 Å². The Hall–Kier alpha value is -1.91. The molecule has 29 heavy (non-hydrogen) atoms. The van der Waals surface area contributed by atoms with Crippen LogP contribution < -0.4 is 4.74 Å². The van der Waals surface area contributed by atoms with Crippen LogP contribution in [0, 0.1) is 0 Å². The number of benzene rings is 2. The first-order valence-electron chi connectivity index (χ1n) is 8.39. The van der Waals surface area contributed by atoms with Gasteiger partial charge in [0.05, 0.1) is 10.7 Å². The van der Waals surface area contributed by atoms with Crippen molar-refractivity contribution in [1.29, 1.82) is 0 Å². The van der Waals surface area contributed by atoms with Crippen molar-refractivity contribution in [3.8, 4) is 5.75 Å². The Kier molecular flexibility index (Phi) is 6.97. The largest absolute Gasteiger partial charge is 0.489 e. The minimum Gasteiger partial charge on any atom is -0.489 e. The third kappa shape index (κ3) is 6.28. The predicted molar refractivity (Wildman–Crippen MR) is 119 cm³/mol. The third-order valence-electron chi connectivity index (χ3n) is 3.92. The molecule has 0 spiro atoms. The van der Waals surface area contributed by atoms with Crippen molar-refractivity contribution < 1.29 is 22.5 Å². The van der Waals surface area contributed by atoms with Crippen LogP contribution >= 0.6 is 35.6 Å². The van der Waals surface area contributed by atoms with Crippen LogP contribution in [0.4, 0.5) is 0 Å². The van der Waals surface area contributed by atoms with Crippen molar-refractivity contribution in [3.63, 3.8) is 0 Å². The number of halogens is 1. The van der Waals surface area contributed by atoms with Crippen LogP contribution in [-0.4, -0.2) is 40.4 Å². The summed E-state index contributed by atoms with van der Waals surface area (Å²) in [5.41, 5.74) is 1.72. The molecule has 0 aromatic heterocycles. The normalized spacial score (nSPS) is 15.9. The highest BCUT2D eigenvalue weighted by molar-refractivity contribution is 8.26. The maximum absolute atomic E-state index is 12.5. The lowest BCUT2D eigenvalue weighted by molar-refractivity contribution is -0.121. The number of hydrogen-bond donors (Lipinski definition) is 1. The summed E-state index contributed by atoms with van der Waals surface area (Å²) >= 11 is 12.1. The van der Waals surface area contributed by atoms with E-state index in [1.165, 1.54) is 4.90 Å². The van der Waals surface area contributed by atoms with Gasteiger partial charge in [0.25, 0.3) is 16.0 Å². The number of amides is 1. The Bertz CT molecular complexity index is 1070. The van der Waals surface area contributed by atoms with Crippen molar-refractivity contribution in [1.82, 2.24) is 4.90 Å². The van der Waals surface area contributed by atoms with Gasteiger partial charge >= 0.3 is 0 Å². The summed E-state index contributed by atoms with van der Waals surface area (Å²) in [5.74, 6) is -0.326. The summed E-state index contributed by atoms with van der Waals surface area (Å²) in [6, 6.07) is 14.6. The van der Waals surface area contributed by atoms with E-state index in [1.807, 2.05) is 30.3 Å². The number of carbonyl (C=O) groups excluding carboxylic acids is 1. The van der Waals surface area contributed by atoms with Gasteiger partial charge in [-0.05, 0) is 41.5 Å². The summed E-state index contributed by atoms with van der Waals surface area (Å²) < 4.78 is 36.8. The van der Waals surface area contributed by atoms with E-state index in [-0.39, 0.29) is 10.9 Å². The molecule has 1 N–H and O–H groups in total. The minimum absolute atomic E-state index is 0.189. The van der Waals surface area contributed by atoms with Gasteiger partial charge in [-0.2, -0.15) is 8.42 Å². The van der Waals surface area contributed by atoms with Gasteiger partial charge in [-0.25, -0.2) is 0 Å². The van der Waals surface area contributed by atoms with Gasteiger partial charge in [0.2, 0.25) is 0 Å². The molecule has 1 amide bonds. The fourth-order valence-corrected chi connectivity index (χ4v) is 4.34. The first-order valence-corrected chi connectivity index (χ1v) is 11.6. The average molecular weight is 470 g/mol. The van der Waals surface area contributed by atoms with Crippen LogP contribution in [0.3, 0.4) is 0 Å². The van der Waals surface area contributed by atoms with Crippen LogP contribution in [0.25, 0.3) is 6.08 Å². The second-order valence-corrected chi connectivity index (χ2v) is 9.79. The summed E-state index contributed by atoms with van der Waals surface area (Å²) in [5, 5.41) is 0.657. The lowest BCUT2D eigenvalue weighted by Gasteiger charge is -2.12. The second-order valence-electron chi connectivity index (χ2n) is 6.11. The number of thioether (sulfide) groups is 1. The molecule has 1 fully saturated rings. The zero-order valence-corrected chi connectivity index (χ0v) is 18.2. The van der Waals surface area contributed by atoms with Gasteiger partial charge in [-0.15, -0.1) is 0 Å². The number of carbonyl (C=O) groups is 1. The monoisotopic (exact) mass is 469 g/mol. The van der Waals surface area contributed by atoms with E-state index >= 15 is 0 Å². The standard InChI is InChI=1S/C19H16ClNO5S3/c20-15-6-4-13(5-7-15)12-26-16-3-1-2-14(10-16)11-17-18(22)21(19(27)28-17)8-9-29(23,24)25/h1-7,10-11H,8-9,12H2,(H,23,24,25)/b17-11-. The van der Waals surface area contributed by atoms with Crippen molar-refractivity contribution >= 4 is 62.0 Å². The van der Waals surface area contributed by atoms with Gasteiger partial charge in [-0.3, -0.25) is 14.2 Å². The molecule has 0 atom stereocenters. The Labute approximate surface area is 183 Å². The highest BCUT2D eigenvalue weighted by Crippen LogP contribution is 2.33. The van der Waals surface area contributed by atoms with E-state index < -0.39 is 21.8 Å². The van der Waals surface area contributed by atoms with Crippen LogP contribution in [0.2, 0.25) is 5.02 Å². The molecule has 10 heteroatoms. The molecular weight excluding hydrogens is 454 g/mol. The molecule has 1 aliphatic heterocycles. The van der Waals surface area contributed by atoms with Gasteiger partial charge in [0.15, 0.2) is 0 Å². The summed E-state index contributed by atoms with van der Waals surface area (Å²) in [7, 11) is -4.18. The molecule has 2 aromatic rings. The SMILES string of the molecule is O=C1/C(=C/c2cccc(OCc3ccc(Cl)cc3)c2)SC(=S)N1CCS(=O)(=O)O. The van der Waals surface area contributed by atoms with Crippen LogP contribution in [0.15, 0.2) is 53.4 Å². The fraction of sp³-hybridized carbons (Fsp3) is 0.158. The van der Waals surface area contributed by atoms with Crippen molar-refractivity contribution in [3.05, 3.63) is 69.6 Å². The highest BCUT2D eigenvalue weighted by atomic mass is 35.5. The van der Waals surface area contributed by atoms with Gasteiger partial charge in [0.1, 0.15) is 16.7 Å². The Balaban J connectivity index is 1.68. The number of thiocarbonyl (C=S) groups is 1. The van der Waals surface area contributed by atoms with E-state index in [0.717, 1.165) is 22.9 Å². The fourth-order valence-electron chi connectivity index (χ4n) is 2.49. The lowest BCUT2D eigenvalue weighted by Crippen LogP contribution is -2.32. The summed E-state index contributed by atoms with van der Waals surface area (Å²) in [4.78, 5) is 14.0. The molecule has 0 aliphatic carbocycles. The zero-order chi connectivity index (χ0) is 21.0. The predicted octanol–water partition coefficient (Wildman–Crippen LogP) is 4.01. The maximum Gasteiger partial charge on any atom is 0.266 e. The molecule has 0 unspecified atom stereocenters. The van der Waals surface area contributed by atoms with Crippen molar-refractivity contribution in [2.75, 3.05) is 12.3 Å².